The maximum Gasteiger partial charge on any atom is 0.417 e. The molecule has 31 heavy (non-hydrogen) atoms. The van der Waals surface area contributed by atoms with Gasteiger partial charge in [-0.15, -0.1) is 0 Å². The SMILES string of the molecule is Cc1ccc(-c2ccc(N3CCC(Oc4ccc(C(F)(F)F)cn4)C3)c(CO)c2)cc1. The molecule has 3 aromatic rings. The highest BCUT2D eigenvalue weighted by Gasteiger charge is 2.31. The molecule has 0 aliphatic carbocycles. The molecule has 1 fully saturated rings. The number of halogens is 3. The van der Waals surface area contributed by atoms with Crippen molar-refractivity contribution in [1.29, 1.82) is 0 Å². The fraction of sp³-hybridized carbons (Fsp3) is 0.292. The van der Waals surface area contributed by atoms with Crippen LogP contribution < -0.4 is 9.64 Å². The molecule has 2 aromatic carbocycles. The second kappa shape index (κ2) is 8.59. The van der Waals surface area contributed by atoms with E-state index in [0.717, 1.165) is 41.2 Å². The maximum absolute atomic E-state index is 12.7. The summed E-state index contributed by atoms with van der Waals surface area (Å²) in [5, 5.41) is 9.93. The molecule has 1 aliphatic rings. The quantitative estimate of drug-likeness (QED) is 0.605. The number of anilines is 1. The average molecular weight is 428 g/mol. The minimum atomic E-state index is -4.42. The standard InChI is InChI=1S/C24H23F3N2O2/c1-16-2-4-17(5-3-16)18-6-8-22(19(12-18)15-30)29-11-10-21(14-29)31-23-9-7-20(13-28-23)24(25,26)27/h2-9,12-13,21,30H,10-11,14-15H2,1H3. The topological polar surface area (TPSA) is 45.6 Å². The summed E-state index contributed by atoms with van der Waals surface area (Å²) in [6.45, 7) is 3.25. The molecule has 1 aliphatic heterocycles. The molecule has 1 atom stereocenters. The van der Waals surface area contributed by atoms with Crippen LogP contribution in [0.1, 0.15) is 23.1 Å². The molecule has 0 bridgehead atoms. The number of hydrogen-bond donors (Lipinski definition) is 1. The van der Waals surface area contributed by atoms with Crippen LogP contribution in [0.15, 0.2) is 60.8 Å². The summed E-state index contributed by atoms with van der Waals surface area (Å²) in [5.74, 6) is 0.178. The summed E-state index contributed by atoms with van der Waals surface area (Å²) in [6, 6.07) is 16.5. The molecule has 1 aromatic heterocycles. The molecular weight excluding hydrogens is 405 g/mol. The Labute approximate surface area is 178 Å². The number of aliphatic hydroxyl groups excluding tert-OH is 1. The fourth-order valence-corrected chi connectivity index (χ4v) is 3.78. The predicted molar refractivity (Wildman–Crippen MR) is 113 cm³/mol. The second-order valence-electron chi connectivity index (χ2n) is 7.73. The first-order chi connectivity index (χ1) is 14.8. The zero-order valence-electron chi connectivity index (χ0n) is 17.1. The Morgan fingerprint density at radius 3 is 2.45 bits per heavy atom. The Morgan fingerprint density at radius 1 is 1.06 bits per heavy atom. The lowest BCUT2D eigenvalue weighted by Crippen LogP contribution is -2.25. The molecule has 0 spiro atoms. The van der Waals surface area contributed by atoms with Crippen LogP contribution >= 0.6 is 0 Å². The van der Waals surface area contributed by atoms with Gasteiger partial charge in [-0.2, -0.15) is 13.2 Å². The van der Waals surface area contributed by atoms with Crippen molar-refractivity contribution < 1.29 is 23.0 Å². The van der Waals surface area contributed by atoms with Crippen molar-refractivity contribution in [1.82, 2.24) is 4.98 Å². The van der Waals surface area contributed by atoms with Crippen molar-refractivity contribution in [2.75, 3.05) is 18.0 Å². The van der Waals surface area contributed by atoms with Gasteiger partial charge in [0.15, 0.2) is 0 Å². The van der Waals surface area contributed by atoms with Crippen LogP contribution in [0.5, 0.6) is 5.88 Å². The van der Waals surface area contributed by atoms with Crippen molar-refractivity contribution in [2.45, 2.75) is 32.2 Å². The van der Waals surface area contributed by atoms with Gasteiger partial charge in [0.25, 0.3) is 0 Å². The number of benzene rings is 2. The van der Waals surface area contributed by atoms with Crippen molar-refractivity contribution in [3.8, 4) is 17.0 Å². The van der Waals surface area contributed by atoms with Crippen LogP contribution in [0.3, 0.4) is 0 Å². The Balaban J connectivity index is 1.45. The Bertz CT molecular complexity index is 1030. The van der Waals surface area contributed by atoms with Gasteiger partial charge < -0.3 is 14.7 Å². The van der Waals surface area contributed by atoms with E-state index in [4.69, 9.17) is 4.74 Å². The minimum Gasteiger partial charge on any atom is -0.472 e. The van der Waals surface area contributed by atoms with Crippen LogP contribution in [-0.4, -0.2) is 29.3 Å². The molecule has 4 rings (SSSR count). The molecule has 1 saturated heterocycles. The van der Waals surface area contributed by atoms with Crippen molar-refractivity contribution in [3.63, 3.8) is 0 Å². The van der Waals surface area contributed by atoms with E-state index in [1.54, 1.807) is 0 Å². The molecule has 2 heterocycles. The summed E-state index contributed by atoms with van der Waals surface area (Å²) in [5.41, 5.74) is 4.27. The number of aliphatic hydroxyl groups is 1. The normalized spacial score (nSPS) is 16.5. The first-order valence-corrected chi connectivity index (χ1v) is 10.1. The third kappa shape index (κ3) is 4.82. The lowest BCUT2D eigenvalue weighted by Gasteiger charge is -2.22. The number of ether oxygens (including phenoxy) is 1. The van der Waals surface area contributed by atoms with Gasteiger partial charge in [-0.1, -0.05) is 35.9 Å². The van der Waals surface area contributed by atoms with E-state index in [9.17, 15) is 18.3 Å². The van der Waals surface area contributed by atoms with Gasteiger partial charge in [0.1, 0.15) is 6.10 Å². The molecule has 4 nitrogen and oxygen atoms in total. The minimum absolute atomic E-state index is 0.0858. The smallest absolute Gasteiger partial charge is 0.417 e. The van der Waals surface area contributed by atoms with Crippen LogP contribution in [0.4, 0.5) is 18.9 Å². The summed E-state index contributed by atoms with van der Waals surface area (Å²) in [7, 11) is 0. The highest BCUT2D eigenvalue weighted by atomic mass is 19.4. The summed E-state index contributed by atoms with van der Waals surface area (Å²) in [4.78, 5) is 5.91. The Kier molecular flexibility index (Phi) is 5.87. The number of nitrogens with zero attached hydrogens (tertiary/aromatic N) is 2. The number of aryl methyl sites for hydroxylation is 1. The van der Waals surface area contributed by atoms with Crippen molar-refractivity contribution in [2.24, 2.45) is 0 Å². The molecule has 1 unspecified atom stereocenters. The van der Waals surface area contributed by atoms with Gasteiger partial charge in [-0.3, -0.25) is 0 Å². The zero-order valence-corrected chi connectivity index (χ0v) is 17.1. The van der Waals surface area contributed by atoms with Crippen molar-refractivity contribution in [3.05, 3.63) is 77.5 Å². The van der Waals surface area contributed by atoms with Crippen molar-refractivity contribution >= 4 is 5.69 Å². The summed E-state index contributed by atoms with van der Waals surface area (Å²) in [6.07, 6.45) is -3.10. The van der Waals surface area contributed by atoms with E-state index in [2.05, 4.69) is 34.1 Å². The number of hydrogen-bond acceptors (Lipinski definition) is 4. The Morgan fingerprint density at radius 2 is 1.81 bits per heavy atom. The number of alkyl halides is 3. The predicted octanol–water partition coefficient (Wildman–Crippen LogP) is 5.23. The largest absolute Gasteiger partial charge is 0.472 e. The van der Waals surface area contributed by atoms with Gasteiger partial charge in [0, 0.05) is 36.5 Å². The van der Waals surface area contributed by atoms with Crippen LogP contribution in [0.25, 0.3) is 11.1 Å². The van der Waals surface area contributed by atoms with Gasteiger partial charge >= 0.3 is 6.18 Å². The van der Waals surface area contributed by atoms with E-state index in [-0.39, 0.29) is 18.6 Å². The monoisotopic (exact) mass is 428 g/mol. The van der Waals surface area contributed by atoms with E-state index < -0.39 is 11.7 Å². The molecule has 1 N–H and O–H groups in total. The van der Waals surface area contributed by atoms with Crippen LogP contribution in [-0.2, 0) is 12.8 Å². The number of pyridine rings is 1. The van der Waals surface area contributed by atoms with Gasteiger partial charge in [0.05, 0.1) is 18.7 Å². The summed E-state index contributed by atoms with van der Waals surface area (Å²) < 4.78 is 43.8. The molecule has 0 amide bonds. The third-order valence-electron chi connectivity index (χ3n) is 5.47. The second-order valence-corrected chi connectivity index (χ2v) is 7.73. The maximum atomic E-state index is 12.7. The highest BCUT2D eigenvalue weighted by molar-refractivity contribution is 5.69. The number of rotatable bonds is 5. The van der Waals surface area contributed by atoms with Gasteiger partial charge in [0.2, 0.25) is 5.88 Å². The van der Waals surface area contributed by atoms with Crippen LogP contribution in [0.2, 0.25) is 0 Å². The number of aromatic nitrogens is 1. The first-order valence-electron chi connectivity index (χ1n) is 10.1. The third-order valence-corrected chi connectivity index (χ3v) is 5.47. The molecule has 7 heteroatoms. The fourth-order valence-electron chi connectivity index (χ4n) is 3.78. The Hall–Kier alpha value is -3.06. The van der Waals surface area contributed by atoms with Gasteiger partial charge in [-0.25, -0.2) is 4.98 Å². The average Bonchev–Trinajstić information content (AvgIpc) is 3.22. The van der Waals surface area contributed by atoms with E-state index in [0.29, 0.717) is 13.0 Å². The lowest BCUT2D eigenvalue weighted by atomic mass is 10.0. The molecular formula is C24H23F3N2O2. The molecule has 0 radical (unpaired) electrons. The van der Waals surface area contributed by atoms with E-state index in [1.165, 1.54) is 11.6 Å². The van der Waals surface area contributed by atoms with Gasteiger partial charge in [-0.05, 0) is 36.2 Å². The van der Waals surface area contributed by atoms with Crippen LogP contribution in [0, 0.1) is 6.92 Å². The van der Waals surface area contributed by atoms with E-state index in [1.807, 2.05) is 25.1 Å². The lowest BCUT2D eigenvalue weighted by molar-refractivity contribution is -0.137. The molecule has 0 saturated carbocycles. The first kappa shape index (κ1) is 21.2. The van der Waals surface area contributed by atoms with E-state index >= 15 is 0 Å². The summed E-state index contributed by atoms with van der Waals surface area (Å²) >= 11 is 0. The zero-order chi connectivity index (χ0) is 22.0. The highest BCUT2D eigenvalue weighted by Crippen LogP contribution is 2.32. The molecule has 162 valence electrons.